The van der Waals surface area contributed by atoms with Crippen LogP contribution < -0.4 is 0 Å². The molecule has 0 aliphatic carbocycles. The molecule has 0 amide bonds. The molecule has 0 heterocycles. The Bertz CT molecular complexity index is 744. The summed E-state index contributed by atoms with van der Waals surface area (Å²) in [5.74, 6) is 0. The zero-order chi connectivity index (χ0) is 25.5. The van der Waals surface area contributed by atoms with E-state index in [9.17, 15) is 0 Å². The van der Waals surface area contributed by atoms with Crippen LogP contribution in [0.15, 0.2) is 48.5 Å². The first-order valence-corrected chi connectivity index (χ1v) is 16.0. The minimum atomic E-state index is 1.24. The van der Waals surface area contributed by atoms with Gasteiger partial charge in [0.25, 0.3) is 0 Å². The summed E-state index contributed by atoms with van der Waals surface area (Å²) in [6.07, 6.45) is 30.7. The second-order valence-electron chi connectivity index (χ2n) is 11.2. The topological polar surface area (TPSA) is 0 Å². The van der Waals surface area contributed by atoms with Crippen LogP contribution in [-0.4, -0.2) is 0 Å². The van der Waals surface area contributed by atoms with Crippen molar-refractivity contribution in [1.82, 2.24) is 0 Å². The summed E-state index contributed by atoms with van der Waals surface area (Å²) in [6.45, 7) is 4.61. The first-order valence-electron chi connectivity index (χ1n) is 16.0. The molecule has 2 rings (SSSR count). The molecular formula is C36H58. The van der Waals surface area contributed by atoms with Gasteiger partial charge in [-0.15, -0.1) is 0 Å². The van der Waals surface area contributed by atoms with Crippen molar-refractivity contribution in [2.75, 3.05) is 0 Å². The predicted octanol–water partition coefficient (Wildman–Crippen LogP) is 12.3. The van der Waals surface area contributed by atoms with E-state index in [1.165, 1.54) is 152 Å². The first kappa shape index (κ1) is 30.7. The Hall–Kier alpha value is -1.56. The van der Waals surface area contributed by atoms with Crippen LogP contribution in [0.4, 0.5) is 0 Å². The number of unbranched alkanes of at least 4 members (excludes halogenated alkanes) is 18. The Balaban J connectivity index is 1.77. The lowest BCUT2D eigenvalue weighted by atomic mass is 9.89. The lowest BCUT2D eigenvalue weighted by Gasteiger charge is -2.16. The Morgan fingerprint density at radius 3 is 1.33 bits per heavy atom. The molecule has 0 aliphatic heterocycles. The predicted molar refractivity (Wildman–Crippen MR) is 163 cm³/mol. The van der Waals surface area contributed by atoms with E-state index >= 15 is 0 Å². The van der Waals surface area contributed by atoms with Crippen molar-refractivity contribution in [3.8, 4) is 11.1 Å². The summed E-state index contributed by atoms with van der Waals surface area (Å²) in [7, 11) is 0. The molecule has 202 valence electrons. The third kappa shape index (κ3) is 13.7. The summed E-state index contributed by atoms with van der Waals surface area (Å²) in [4.78, 5) is 0. The molecule has 0 N–H and O–H groups in total. The van der Waals surface area contributed by atoms with Crippen LogP contribution in [0.25, 0.3) is 11.1 Å². The van der Waals surface area contributed by atoms with Gasteiger partial charge in [-0.3, -0.25) is 0 Å². The molecule has 0 unspecified atom stereocenters. The van der Waals surface area contributed by atoms with Crippen LogP contribution in [0.5, 0.6) is 0 Å². The maximum atomic E-state index is 2.42. The monoisotopic (exact) mass is 490 g/mol. The molecule has 0 heteroatoms. The van der Waals surface area contributed by atoms with E-state index in [0.29, 0.717) is 0 Å². The van der Waals surface area contributed by atoms with Crippen molar-refractivity contribution < 1.29 is 0 Å². The molecule has 2 aromatic rings. The van der Waals surface area contributed by atoms with Crippen molar-refractivity contribution in [2.24, 2.45) is 0 Å². The van der Waals surface area contributed by atoms with Crippen LogP contribution in [-0.2, 0) is 12.8 Å². The summed E-state index contributed by atoms with van der Waals surface area (Å²) in [5.41, 5.74) is 6.13. The van der Waals surface area contributed by atoms with Gasteiger partial charge < -0.3 is 0 Å². The van der Waals surface area contributed by atoms with Gasteiger partial charge in [-0.1, -0.05) is 178 Å². The van der Waals surface area contributed by atoms with Crippen molar-refractivity contribution >= 4 is 0 Å². The fraction of sp³-hybridized carbons (Fsp3) is 0.667. The standard InChI is InChI=1S/C36H58/c1-3-5-7-9-11-13-15-17-19-22-27-34-30-26-32-36(33-28-23-21-24-29-33)35(34)31-25-20-18-16-14-12-10-8-6-4-2/h21,23-24,26,28-30,32H,3-20,22,25,27,31H2,1-2H3. The minimum Gasteiger partial charge on any atom is -0.0654 e. The Kier molecular flexibility index (Phi) is 18.3. The van der Waals surface area contributed by atoms with E-state index < -0.39 is 0 Å². The van der Waals surface area contributed by atoms with E-state index in [-0.39, 0.29) is 0 Å². The van der Waals surface area contributed by atoms with E-state index in [1.807, 2.05) is 0 Å². The number of hydrogen-bond acceptors (Lipinski definition) is 0. The average Bonchev–Trinajstić information content (AvgIpc) is 2.91. The molecule has 0 aromatic heterocycles. The summed E-state index contributed by atoms with van der Waals surface area (Å²) in [5, 5.41) is 0. The number of hydrogen-bond donors (Lipinski definition) is 0. The molecule has 0 atom stereocenters. The minimum absolute atomic E-state index is 1.24. The van der Waals surface area contributed by atoms with Crippen molar-refractivity contribution in [1.29, 1.82) is 0 Å². The van der Waals surface area contributed by atoms with E-state index in [2.05, 4.69) is 62.4 Å². The van der Waals surface area contributed by atoms with Gasteiger partial charge in [-0.05, 0) is 47.9 Å². The molecule has 0 radical (unpaired) electrons. The quantitative estimate of drug-likeness (QED) is 0.136. The Morgan fingerprint density at radius 2 is 0.833 bits per heavy atom. The second kappa shape index (κ2) is 21.5. The summed E-state index contributed by atoms with van der Waals surface area (Å²) in [6, 6.07) is 18.2. The molecule has 0 saturated heterocycles. The molecule has 0 nitrogen and oxygen atoms in total. The van der Waals surface area contributed by atoms with Crippen LogP contribution >= 0.6 is 0 Å². The highest BCUT2D eigenvalue weighted by atomic mass is 14.1. The van der Waals surface area contributed by atoms with Gasteiger partial charge in [0.2, 0.25) is 0 Å². The molecule has 0 aliphatic rings. The zero-order valence-corrected chi connectivity index (χ0v) is 24.2. The van der Waals surface area contributed by atoms with Crippen LogP contribution in [0.3, 0.4) is 0 Å². The number of rotatable bonds is 23. The summed E-state index contributed by atoms with van der Waals surface area (Å²) >= 11 is 0. The number of benzene rings is 2. The molecule has 0 saturated carbocycles. The first-order chi connectivity index (χ1) is 17.9. The molecule has 0 fully saturated rings. The Morgan fingerprint density at radius 1 is 0.389 bits per heavy atom. The molecule has 36 heavy (non-hydrogen) atoms. The molecule has 2 aromatic carbocycles. The lowest BCUT2D eigenvalue weighted by molar-refractivity contribution is 0.553. The van der Waals surface area contributed by atoms with Crippen molar-refractivity contribution in [3.05, 3.63) is 59.7 Å². The van der Waals surface area contributed by atoms with Gasteiger partial charge in [0.05, 0.1) is 0 Å². The van der Waals surface area contributed by atoms with Gasteiger partial charge in [-0.25, -0.2) is 0 Å². The highest BCUT2D eigenvalue weighted by Crippen LogP contribution is 2.29. The smallest absolute Gasteiger partial charge is 0.0149 e. The van der Waals surface area contributed by atoms with Gasteiger partial charge in [0.1, 0.15) is 0 Å². The highest BCUT2D eigenvalue weighted by molar-refractivity contribution is 5.68. The molecule has 0 bridgehead atoms. The van der Waals surface area contributed by atoms with E-state index in [1.54, 1.807) is 11.1 Å². The highest BCUT2D eigenvalue weighted by Gasteiger charge is 2.10. The van der Waals surface area contributed by atoms with Crippen LogP contribution in [0.1, 0.15) is 153 Å². The third-order valence-electron chi connectivity index (χ3n) is 7.94. The van der Waals surface area contributed by atoms with E-state index in [0.717, 1.165) is 0 Å². The second-order valence-corrected chi connectivity index (χ2v) is 11.2. The van der Waals surface area contributed by atoms with Gasteiger partial charge in [0, 0.05) is 0 Å². The molecular weight excluding hydrogens is 432 g/mol. The maximum absolute atomic E-state index is 2.42. The van der Waals surface area contributed by atoms with Crippen LogP contribution in [0, 0.1) is 0 Å². The lowest BCUT2D eigenvalue weighted by Crippen LogP contribution is -1.99. The SMILES string of the molecule is CCCCCCCCCCCCc1cccc(-c2ccccc2)c1CCCCCCCCCCCC. The Labute approximate surface area is 225 Å². The molecule has 0 spiro atoms. The fourth-order valence-corrected chi connectivity index (χ4v) is 5.64. The van der Waals surface area contributed by atoms with Crippen molar-refractivity contribution in [3.63, 3.8) is 0 Å². The third-order valence-corrected chi connectivity index (χ3v) is 7.94. The number of aryl methyl sites for hydroxylation is 1. The van der Waals surface area contributed by atoms with Crippen molar-refractivity contribution in [2.45, 2.75) is 155 Å². The van der Waals surface area contributed by atoms with Gasteiger partial charge in [0.15, 0.2) is 0 Å². The zero-order valence-electron chi connectivity index (χ0n) is 24.2. The maximum Gasteiger partial charge on any atom is -0.0149 e. The van der Waals surface area contributed by atoms with Gasteiger partial charge in [-0.2, -0.15) is 0 Å². The van der Waals surface area contributed by atoms with E-state index in [4.69, 9.17) is 0 Å². The fourth-order valence-electron chi connectivity index (χ4n) is 5.64. The summed E-state index contributed by atoms with van der Waals surface area (Å²) < 4.78 is 0. The largest absolute Gasteiger partial charge is 0.0654 e. The average molecular weight is 491 g/mol. The normalized spacial score (nSPS) is 11.3. The van der Waals surface area contributed by atoms with Gasteiger partial charge >= 0.3 is 0 Å². The van der Waals surface area contributed by atoms with Crippen LogP contribution in [0.2, 0.25) is 0 Å².